The highest BCUT2D eigenvalue weighted by atomic mass is 35.5. The summed E-state index contributed by atoms with van der Waals surface area (Å²) in [6.45, 7) is 2.89. The quantitative estimate of drug-likeness (QED) is 0.748. The highest BCUT2D eigenvalue weighted by molar-refractivity contribution is 6.32. The maximum atomic E-state index is 13.0. The second-order valence-electron chi connectivity index (χ2n) is 7.15. The molecular weight excluding hydrogens is 408 g/mol. The maximum absolute atomic E-state index is 13.0. The molecular formula is C22H23ClN2O5. The Balaban J connectivity index is 1.41. The SMILES string of the molecule is COc1ccc(C(=O)N2CCN(C(=O)c3cc(Cl)c4c(c3)OCCCO4)CC2)cc1. The van der Waals surface area contributed by atoms with Crippen molar-refractivity contribution in [2.45, 2.75) is 6.42 Å². The van der Waals surface area contributed by atoms with Gasteiger partial charge < -0.3 is 24.0 Å². The number of piperazine rings is 1. The van der Waals surface area contributed by atoms with E-state index >= 15 is 0 Å². The predicted octanol–water partition coefficient (Wildman–Crippen LogP) is 3.11. The normalized spacial score (nSPS) is 16.1. The summed E-state index contributed by atoms with van der Waals surface area (Å²) in [6.07, 6.45) is 0.762. The summed E-state index contributed by atoms with van der Waals surface area (Å²) in [7, 11) is 1.59. The molecule has 0 radical (unpaired) electrons. The molecule has 2 aromatic rings. The van der Waals surface area contributed by atoms with Crippen molar-refractivity contribution in [2.75, 3.05) is 46.5 Å². The van der Waals surface area contributed by atoms with Crippen molar-refractivity contribution in [1.82, 2.24) is 9.80 Å². The number of benzene rings is 2. The number of ether oxygens (including phenoxy) is 3. The molecule has 7 nitrogen and oxygen atoms in total. The Morgan fingerprint density at radius 1 is 0.900 bits per heavy atom. The van der Waals surface area contributed by atoms with Gasteiger partial charge in [0.1, 0.15) is 5.75 Å². The van der Waals surface area contributed by atoms with Gasteiger partial charge in [0.25, 0.3) is 11.8 Å². The molecule has 158 valence electrons. The van der Waals surface area contributed by atoms with E-state index in [-0.39, 0.29) is 11.8 Å². The van der Waals surface area contributed by atoms with Gasteiger partial charge in [-0.15, -0.1) is 0 Å². The molecule has 0 bridgehead atoms. The van der Waals surface area contributed by atoms with E-state index in [9.17, 15) is 9.59 Å². The zero-order chi connectivity index (χ0) is 21.1. The third-order valence-corrected chi connectivity index (χ3v) is 5.52. The number of carbonyl (C=O) groups excluding carboxylic acids is 2. The van der Waals surface area contributed by atoms with Gasteiger partial charge in [-0.2, -0.15) is 0 Å². The van der Waals surface area contributed by atoms with Gasteiger partial charge in [-0.25, -0.2) is 0 Å². The van der Waals surface area contributed by atoms with Crippen LogP contribution in [0.4, 0.5) is 0 Å². The molecule has 2 aromatic carbocycles. The van der Waals surface area contributed by atoms with Crippen LogP contribution < -0.4 is 14.2 Å². The first kappa shape index (κ1) is 20.3. The molecule has 0 spiro atoms. The van der Waals surface area contributed by atoms with Crippen LogP contribution in [0.15, 0.2) is 36.4 Å². The molecule has 0 atom stereocenters. The Bertz CT molecular complexity index is 939. The molecule has 0 saturated carbocycles. The Morgan fingerprint density at radius 3 is 2.13 bits per heavy atom. The van der Waals surface area contributed by atoms with Gasteiger partial charge in [-0.3, -0.25) is 9.59 Å². The fourth-order valence-corrected chi connectivity index (χ4v) is 3.83. The zero-order valence-corrected chi connectivity index (χ0v) is 17.5. The van der Waals surface area contributed by atoms with E-state index in [2.05, 4.69) is 0 Å². The third-order valence-electron chi connectivity index (χ3n) is 5.24. The first-order chi connectivity index (χ1) is 14.6. The summed E-state index contributed by atoms with van der Waals surface area (Å²) in [5.74, 6) is 1.50. The van der Waals surface area contributed by atoms with Crippen molar-refractivity contribution < 1.29 is 23.8 Å². The van der Waals surface area contributed by atoms with E-state index in [1.807, 2.05) is 0 Å². The monoisotopic (exact) mass is 430 g/mol. The highest BCUT2D eigenvalue weighted by Crippen LogP contribution is 2.38. The molecule has 0 N–H and O–H groups in total. The predicted molar refractivity (Wildman–Crippen MR) is 112 cm³/mol. The molecule has 8 heteroatoms. The minimum Gasteiger partial charge on any atom is -0.497 e. The van der Waals surface area contributed by atoms with Gasteiger partial charge in [0.2, 0.25) is 0 Å². The minimum atomic E-state index is -0.135. The van der Waals surface area contributed by atoms with Gasteiger partial charge in [0.15, 0.2) is 11.5 Å². The summed E-state index contributed by atoms with van der Waals surface area (Å²) in [4.78, 5) is 29.2. The third kappa shape index (κ3) is 4.16. The summed E-state index contributed by atoms with van der Waals surface area (Å²) in [6, 6.07) is 10.3. The summed E-state index contributed by atoms with van der Waals surface area (Å²) in [5, 5.41) is 0.367. The lowest BCUT2D eigenvalue weighted by molar-refractivity contribution is 0.0535. The lowest BCUT2D eigenvalue weighted by Gasteiger charge is -2.35. The van der Waals surface area contributed by atoms with E-state index in [1.54, 1.807) is 53.3 Å². The van der Waals surface area contributed by atoms with Crippen molar-refractivity contribution in [3.05, 3.63) is 52.5 Å². The first-order valence-corrected chi connectivity index (χ1v) is 10.3. The fraction of sp³-hybridized carbons (Fsp3) is 0.364. The number of carbonyl (C=O) groups is 2. The molecule has 2 aliphatic heterocycles. The molecule has 0 aromatic heterocycles. The average molecular weight is 431 g/mol. The van der Waals surface area contributed by atoms with Crippen LogP contribution in [0, 0.1) is 0 Å². The second kappa shape index (κ2) is 8.83. The van der Waals surface area contributed by atoms with Crippen LogP contribution in [0.25, 0.3) is 0 Å². The van der Waals surface area contributed by atoms with Crippen molar-refractivity contribution >= 4 is 23.4 Å². The Hall–Kier alpha value is -2.93. The molecule has 0 aliphatic carbocycles. The van der Waals surface area contributed by atoms with Crippen molar-refractivity contribution in [3.63, 3.8) is 0 Å². The van der Waals surface area contributed by atoms with Crippen molar-refractivity contribution in [1.29, 1.82) is 0 Å². The number of rotatable bonds is 3. The van der Waals surface area contributed by atoms with E-state index in [0.29, 0.717) is 72.8 Å². The summed E-state index contributed by atoms with van der Waals surface area (Å²) in [5.41, 5.74) is 1.06. The molecule has 0 unspecified atom stereocenters. The molecule has 4 rings (SSSR count). The highest BCUT2D eigenvalue weighted by Gasteiger charge is 2.27. The van der Waals surface area contributed by atoms with Gasteiger partial charge in [0, 0.05) is 43.7 Å². The Kier molecular flexibility index (Phi) is 5.99. The zero-order valence-electron chi connectivity index (χ0n) is 16.7. The van der Waals surface area contributed by atoms with Gasteiger partial charge in [0.05, 0.1) is 25.3 Å². The molecule has 1 saturated heterocycles. The lowest BCUT2D eigenvalue weighted by Crippen LogP contribution is -2.50. The number of fused-ring (bicyclic) bond motifs is 1. The number of amides is 2. The summed E-state index contributed by atoms with van der Waals surface area (Å²) < 4.78 is 16.4. The number of halogens is 1. The standard InChI is InChI=1S/C22H23ClN2O5/c1-28-17-5-3-15(4-6-17)21(26)24-7-9-25(10-8-24)22(27)16-13-18(23)20-19(14-16)29-11-2-12-30-20/h3-6,13-14H,2,7-12H2,1H3. The number of methoxy groups -OCH3 is 1. The fourth-order valence-electron chi connectivity index (χ4n) is 3.57. The molecule has 1 fully saturated rings. The van der Waals surface area contributed by atoms with Crippen LogP contribution in [0.2, 0.25) is 5.02 Å². The van der Waals surface area contributed by atoms with Crippen LogP contribution in [0.3, 0.4) is 0 Å². The molecule has 30 heavy (non-hydrogen) atoms. The minimum absolute atomic E-state index is 0.0524. The number of hydrogen-bond donors (Lipinski definition) is 0. The van der Waals surface area contributed by atoms with Crippen LogP contribution in [0.1, 0.15) is 27.1 Å². The topological polar surface area (TPSA) is 68.3 Å². The summed E-state index contributed by atoms with van der Waals surface area (Å²) >= 11 is 6.32. The smallest absolute Gasteiger partial charge is 0.254 e. The van der Waals surface area contributed by atoms with Crippen LogP contribution in [-0.2, 0) is 0 Å². The molecule has 2 amide bonds. The van der Waals surface area contributed by atoms with Gasteiger partial charge in [-0.1, -0.05) is 11.6 Å². The van der Waals surface area contributed by atoms with Gasteiger partial charge in [-0.05, 0) is 36.4 Å². The van der Waals surface area contributed by atoms with E-state index < -0.39 is 0 Å². The largest absolute Gasteiger partial charge is 0.497 e. The lowest BCUT2D eigenvalue weighted by atomic mass is 10.1. The van der Waals surface area contributed by atoms with Gasteiger partial charge >= 0.3 is 0 Å². The Morgan fingerprint density at radius 2 is 1.50 bits per heavy atom. The maximum Gasteiger partial charge on any atom is 0.254 e. The molecule has 2 aliphatic rings. The number of nitrogens with zero attached hydrogens (tertiary/aromatic N) is 2. The van der Waals surface area contributed by atoms with Crippen LogP contribution in [-0.4, -0.2) is 68.1 Å². The Labute approximate surface area is 180 Å². The second-order valence-corrected chi connectivity index (χ2v) is 7.56. The average Bonchev–Trinajstić information content (AvgIpc) is 3.04. The van der Waals surface area contributed by atoms with Crippen LogP contribution in [0.5, 0.6) is 17.2 Å². The number of hydrogen-bond acceptors (Lipinski definition) is 5. The van der Waals surface area contributed by atoms with E-state index in [1.165, 1.54) is 0 Å². The van der Waals surface area contributed by atoms with Crippen molar-refractivity contribution in [2.24, 2.45) is 0 Å². The van der Waals surface area contributed by atoms with Crippen molar-refractivity contribution in [3.8, 4) is 17.2 Å². The van der Waals surface area contributed by atoms with E-state index in [4.69, 9.17) is 25.8 Å². The molecule has 2 heterocycles. The van der Waals surface area contributed by atoms with E-state index in [0.717, 1.165) is 6.42 Å². The first-order valence-electron chi connectivity index (χ1n) is 9.88. The van der Waals surface area contributed by atoms with Crippen LogP contribution >= 0.6 is 11.6 Å².